The first-order chi connectivity index (χ1) is 11.3. The number of amides is 1. The zero-order valence-corrected chi connectivity index (χ0v) is 15.3. The van der Waals surface area contributed by atoms with E-state index in [1.807, 2.05) is 11.8 Å². The first-order valence-electron chi connectivity index (χ1n) is 9.62. The van der Waals surface area contributed by atoms with Gasteiger partial charge in [0.25, 0.3) is 0 Å². The summed E-state index contributed by atoms with van der Waals surface area (Å²) in [6.07, 6.45) is 8.96. The van der Waals surface area contributed by atoms with E-state index in [-0.39, 0.29) is 0 Å². The summed E-state index contributed by atoms with van der Waals surface area (Å²) in [5.74, 6) is 3.55. The minimum Gasteiger partial charge on any atom is -0.341 e. The van der Waals surface area contributed by atoms with Crippen molar-refractivity contribution in [1.82, 2.24) is 15.1 Å². The molecule has 1 atom stereocenters. The second-order valence-electron chi connectivity index (χ2n) is 7.47. The van der Waals surface area contributed by atoms with Crippen LogP contribution in [0.2, 0.25) is 0 Å². The zero-order chi connectivity index (χ0) is 15.9. The molecule has 23 heavy (non-hydrogen) atoms. The van der Waals surface area contributed by atoms with Crippen LogP contribution in [-0.4, -0.2) is 72.5 Å². The molecule has 0 spiro atoms. The molecule has 0 aromatic carbocycles. The molecule has 3 rings (SSSR count). The van der Waals surface area contributed by atoms with Gasteiger partial charge in [0.2, 0.25) is 5.91 Å². The van der Waals surface area contributed by atoms with Gasteiger partial charge in [-0.1, -0.05) is 19.3 Å². The monoisotopic (exact) mass is 339 g/mol. The molecule has 1 unspecified atom stereocenters. The Balaban J connectivity index is 1.41. The van der Waals surface area contributed by atoms with Gasteiger partial charge in [-0.2, -0.15) is 11.8 Å². The molecule has 5 heteroatoms. The van der Waals surface area contributed by atoms with Gasteiger partial charge < -0.3 is 15.1 Å². The summed E-state index contributed by atoms with van der Waals surface area (Å²) in [7, 11) is 0. The molecule has 0 aromatic heterocycles. The first-order valence-corrected chi connectivity index (χ1v) is 10.8. The first kappa shape index (κ1) is 17.6. The molecule has 4 nitrogen and oxygen atoms in total. The highest BCUT2D eigenvalue weighted by atomic mass is 32.2. The van der Waals surface area contributed by atoms with E-state index < -0.39 is 0 Å². The molecule has 2 heterocycles. The van der Waals surface area contributed by atoms with Crippen molar-refractivity contribution in [3.63, 3.8) is 0 Å². The molecular formula is C18H33N3OS. The van der Waals surface area contributed by atoms with E-state index in [0.717, 1.165) is 44.3 Å². The SMILES string of the molecule is O=C(CC1CSCCN1)N1CCCN(CC2CCCCC2)CC1. The Morgan fingerprint density at radius 3 is 2.70 bits per heavy atom. The molecule has 1 N–H and O–H groups in total. The summed E-state index contributed by atoms with van der Waals surface area (Å²) in [5, 5.41) is 3.49. The van der Waals surface area contributed by atoms with Crippen molar-refractivity contribution in [2.75, 3.05) is 50.8 Å². The van der Waals surface area contributed by atoms with Crippen LogP contribution in [0, 0.1) is 5.92 Å². The lowest BCUT2D eigenvalue weighted by atomic mass is 9.89. The minimum absolute atomic E-state index is 0.365. The topological polar surface area (TPSA) is 35.6 Å². The Morgan fingerprint density at radius 1 is 1.04 bits per heavy atom. The molecule has 2 saturated heterocycles. The highest BCUT2D eigenvalue weighted by Gasteiger charge is 2.24. The number of nitrogens with one attached hydrogen (secondary N) is 1. The molecule has 0 radical (unpaired) electrons. The number of carbonyl (C=O) groups excluding carboxylic acids is 1. The Labute approximate surface area is 145 Å². The predicted octanol–water partition coefficient (Wildman–Crippen LogP) is 2.20. The third kappa shape index (κ3) is 5.64. The van der Waals surface area contributed by atoms with E-state index in [0.29, 0.717) is 18.4 Å². The van der Waals surface area contributed by atoms with Crippen molar-refractivity contribution in [1.29, 1.82) is 0 Å². The second-order valence-corrected chi connectivity index (χ2v) is 8.62. The van der Waals surface area contributed by atoms with E-state index in [9.17, 15) is 4.79 Å². The fourth-order valence-electron chi connectivity index (χ4n) is 4.23. The fraction of sp³-hybridized carbons (Fsp3) is 0.944. The smallest absolute Gasteiger partial charge is 0.224 e. The standard InChI is InChI=1S/C18H33N3OS/c22-18(13-17-15-23-12-7-19-17)21-9-4-8-20(10-11-21)14-16-5-2-1-3-6-16/h16-17,19H,1-15H2. The molecule has 1 aliphatic carbocycles. The number of carbonyl (C=O) groups is 1. The predicted molar refractivity (Wildman–Crippen MR) is 97.9 cm³/mol. The summed E-state index contributed by atoms with van der Waals surface area (Å²) in [6.45, 7) is 6.47. The molecule has 1 amide bonds. The lowest BCUT2D eigenvalue weighted by Gasteiger charge is -2.29. The molecule has 3 aliphatic rings. The largest absolute Gasteiger partial charge is 0.341 e. The summed E-state index contributed by atoms with van der Waals surface area (Å²) in [6, 6.07) is 0.392. The van der Waals surface area contributed by atoms with Crippen LogP contribution in [0.15, 0.2) is 0 Å². The Morgan fingerprint density at radius 2 is 1.91 bits per heavy atom. The van der Waals surface area contributed by atoms with Gasteiger partial charge in [0.05, 0.1) is 0 Å². The highest BCUT2D eigenvalue weighted by molar-refractivity contribution is 7.99. The van der Waals surface area contributed by atoms with E-state index in [1.165, 1.54) is 50.9 Å². The summed E-state index contributed by atoms with van der Waals surface area (Å²) < 4.78 is 0. The third-order valence-electron chi connectivity index (χ3n) is 5.60. The molecule has 1 saturated carbocycles. The van der Waals surface area contributed by atoms with Gasteiger partial charge in [-0.15, -0.1) is 0 Å². The molecule has 0 bridgehead atoms. The number of hydrogen-bond acceptors (Lipinski definition) is 4. The van der Waals surface area contributed by atoms with Gasteiger partial charge >= 0.3 is 0 Å². The van der Waals surface area contributed by atoms with Crippen molar-refractivity contribution in [3.05, 3.63) is 0 Å². The molecule has 132 valence electrons. The van der Waals surface area contributed by atoms with E-state index in [1.54, 1.807) is 0 Å². The van der Waals surface area contributed by atoms with Crippen molar-refractivity contribution in [2.45, 2.75) is 51.0 Å². The van der Waals surface area contributed by atoms with Crippen molar-refractivity contribution in [2.24, 2.45) is 5.92 Å². The normalized spacial score (nSPS) is 28.5. The zero-order valence-electron chi connectivity index (χ0n) is 14.5. The van der Waals surface area contributed by atoms with Crippen LogP contribution < -0.4 is 5.32 Å². The molecule has 0 aromatic rings. The summed E-state index contributed by atoms with van der Waals surface area (Å²) in [4.78, 5) is 17.3. The van der Waals surface area contributed by atoms with Crippen LogP contribution in [0.1, 0.15) is 44.9 Å². The van der Waals surface area contributed by atoms with Gasteiger partial charge in [-0.05, 0) is 31.7 Å². The van der Waals surface area contributed by atoms with Crippen molar-refractivity contribution < 1.29 is 4.79 Å². The van der Waals surface area contributed by atoms with Gasteiger partial charge in [0, 0.05) is 56.7 Å². The maximum atomic E-state index is 12.6. The van der Waals surface area contributed by atoms with E-state index in [4.69, 9.17) is 0 Å². The van der Waals surface area contributed by atoms with Crippen molar-refractivity contribution in [3.8, 4) is 0 Å². The maximum Gasteiger partial charge on any atom is 0.224 e. The quantitative estimate of drug-likeness (QED) is 0.852. The molecule has 3 fully saturated rings. The van der Waals surface area contributed by atoms with Crippen LogP contribution >= 0.6 is 11.8 Å². The van der Waals surface area contributed by atoms with Crippen LogP contribution in [0.4, 0.5) is 0 Å². The molecule has 2 aliphatic heterocycles. The van der Waals surface area contributed by atoms with E-state index in [2.05, 4.69) is 15.1 Å². The van der Waals surface area contributed by atoms with Crippen LogP contribution in [0.3, 0.4) is 0 Å². The number of hydrogen-bond donors (Lipinski definition) is 1. The highest BCUT2D eigenvalue weighted by Crippen LogP contribution is 2.24. The average Bonchev–Trinajstić information content (AvgIpc) is 2.82. The van der Waals surface area contributed by atoms with Crippen LogP contribution in [-0.2, 0) is 4.79 Å². The third-order valence-corrected chi connectivity index (χ3v) is 6.73. The lowest BCUT2D eigenvalue weighted by molar-refractivity contribution is -0.131. The van der Waals surface area contributed by atoms with Crippen LogP contribution in [0.25, 0.3) is 0 Å². The van der Waals surface area contributed by atoms with Gasteiger partial charge in [0.1, 0.15) is 0 Å². The molecular weight excluding hydrogens is 306 g/mol. The second kappa shape index (κ2) is 9.28. The Kier molecular flexibility index (Phi) is 7.09. The van der Waals surface area contributed by atoms with Crippen molar-refractivity contribution >= 4 is 17.7 Å². The Hall–Kier alpha value is -0.260. The van der Waals surface area contributed by atoms with E-state index >= 15 is 0 Å². The maximum absolute atomic E-state index is 12.6. The van der Waals surface area contributed by atoms with Gasteiger partial charge in [-0.25, -0.2) is 0 Å². The number of rotatable bonds is 4. The Bertz CT molecular complexity index is 367. The minimum atomic E-state index is 0.365. The number of nitrogens with zero attached hydrogens (tertiary/aromatic N) is 2. The van der Waals surface area contributed by atoms with Gasteiger partial charge in [0.15, 0.2) is 0 Å². The van der Waals surface area contributed by atoms with Crippen LogP contribution in [0.5, 0.6) is 0 Å². The average molecular weight is 340 g/mol. The lowest BCUT2D eigenvalue weighted by Crippen LogP contribution is -2.43. The summed E-state index contributed by atoms with van der Waals surface area (Å²) >= 11 is 1.97. The summed E-state index contributed by atoms with van der Waals surface area (Å²) in [5.41, 5.74) is 0. The number of thioether (sulfide) groups is 1. The fourth-order valence-corrected chi connectivity index (χ4v) is 5.18. The van der Waals surface area contributed by atoms with Gasteiger partial charge in [-0.3, -0.25) is 4.79 Å².